The fourth-order valence-corrected chi connectivity index (χ4v) is 3.32. The third-order valence-electron chi connectivity index (χ3n) is 4.90. The lowest BCUT2D eigenvalue weighted by molar-refractivity contribution is 0.0757. The molecular weight excluding hydrogens is 395 g/mol. The molecule has 6 nitrogen and oxygen atoms in total. The summed E-state index contributed by atoms with van der Waals surface area (Å²) >= 11 is 0. The molecule has 0 saturated carbocycles. The number of hydrogen-bond donors (Lipinski definition) is 1. The first-order valence-corrected chi connectivity index (χ1v) is 9.75. The predicted molar refractivity (Wildman–Crippen MR) is 115 cm³/mol. The smallest absolute Gasteiger partial charge is 0.283 e. The average molecular weight is 416 g/mol. The van der Waals surface area contributed by atoms with Gasteiger partial charge in [0.05, 0.1) is 11.9 Å². The Labute approximate surface area is 179 Å². The van der Waals surface area contributed by atoms with Gasteiger partial charge in [-0.25, -0.2) is 4.39 Å². The molecule has 2 aromatic heterocycles. The van der Waals surface area contributed by atoms with Crippen molar-refractivity contribution in [1.29, 1.82) is 0 Å². The van der Waals surface area contributed by atoms with E-state index in [1.165, 1.54) is 12.1 Å². The molecule has 0 unspecified atom stereocenters. The topological polar surface area (TPSA) is 69.0 Å². The molecule has 0 radical (unpaired) electrons. The Balaban J connectivity index is 1.67. The van der Waals surface area contributed by atoms with E-state index < -0.39 is 0 Å². The number of nitrogens with zero attached hydrogens (tertiary/aromatic N) is 3. The summed E-state index contributed by atoms with van der Waals surface area (Å²) < 4.78 is 15.0. The first-order valence-electron chi connectivity index (χ1n) is 9.75. The van der Waals surface area contributed by atoms with Gasteiger partial charge in [-0.2, -0.15) is 10.6 Å². The number of halogens is 1. The maximum Gasteiger partial charge on any atom is 0.283 e. The maximum absolute atomic E-state index is 13.3. The molecule has 0 fully saturated rings. The van der Waals surface area contributed by atoms with Gasteiger partial charge in [-0.3, -0.25) is 14.5 Å². The molecule has 7 heteroatoms. The van der Waals surface area contributed by atoms with E-state index in [1.54, 1.807) is 53.5 Å². The van der Waals surface area contributed by atoms with Crippen molar-refractivity contribution in [3.8, 4) is 17.0 Å². The van der Waals surface area contributed by atoms with E-state index in [9.17, 15) is 9.18 Å². The number of hydrogen-bond acceptors (Lipinski definition) is 4. The minimum atomic E-state index is -0.354. The minimum absolute atomic E-state index is 0.295. The predicted octanol–water partition coefficient (Wildman–Crippen LogP) is 4.24. The van der Waals surface area contributed by atoms with E-state index >= 15 is 0 Å². The monoisotopic (exact) mass is 416 g/mol. The normalized spacial score (nSPS) is 10.7. The van der Waals surface area contributed by atoms with Gasteiger partial charge in [-0.1, -0.05) is 30.3 Å². The molecule has 156 valence electrons. The summed E-state index contributed by atoms with van der Waals surface area (Å²) in [5.41, 5.74) is 7.00. The number of carbonyl (C=O) groups excluding carboxylic acids is 1. The fourth-order valence-electron chi connectivity index (χ4n) is 3.32. The van der Waals surface area contributed by atoms with Crippen molar-refractivity contribution in [3.63, 3.8) is 0 Å². The zero-order valence-electron chi connectivity index (χ0n) is 17.2. The van der Waals surface area contributed by atoms with Crippen molar-refractivity contribution in [3.05, 3.63) is 101 Å². The molecule has 2 aromatic carbocycles. The Morgan fingerprint density at radius 2 is 1.84 bits per heavy atom. The van der Waals surface area contributed by atoms with Crippen LogP contribution >= 0.6 is 0 Å². The summed E-state index contributed by atoms with van der Waals surface area (Å²) in [6.07, 6.45) is 5.77. The van der Waals surface area contributed by atoms with Crippen LogP contribution in [0.15, 0.2) is 73.2 Å². The van der Waals surface area contributed by atoms with Crippen LogP contribution < -0.4 is 10.3 Å². The average Bonchev–Trinajstić information content (AvgIpc) is 3.21. The van der Waals surface area contributed by atoms with Crippen molar-refractivity contribution in [1.82, 2.24) is 20.2 Å². The van der Waals surface area contributed by atoms with Crippen LogP contribution in [0.3, 0.4) is 0 Å². The zero-order valence-corrected chi connectivity index (χ0v) is 17.2. The maximum atomic E-state index is 13.3. The van der Waals surface area contributed by atoms with Crippen LogP contribution in [0.1, 0.15) is 27.0 Å². The van der Waals surface area contributed by atoms with Crippen molar-refractivity contribution < 1.29 is 14.0 Å². The number of benzene rings is 2. The number of hydroxylamine groups is 1. The van der Waals surface area contributed by atoms with Crippen molar-refractivity contribution in [2.75, 3.05) is 0 Å². The van der Waals surface area contributed by atoms with Crippen LogP contribution in [0.25, 0.3) is 11.3 Å². The largest absolute Gasteiger partial charge is 0.379 e. The number of rotatable bonds is 6. The zero-order chi connectivity index (χ0) is 21.8. The number of pyridine rings is 1. The number of carbonyl (C=O) groups is 1. The van der Waals surface area contributed by atoms with Gasteiger partial charge in [0.1, 0.15) is 5.82 Å². The van der Waals surface area contributed by atoms with Crippen molar-refractivity contribution in [2.24, 2.45) is 7.05 Å². The first kappa shape index (κ1) is 20.3. The van der Waals surface area contributed by atoms with Crippen LogP contribution in [-0.2, 0) is 13.5 Å². The summed E-state index contributed by atoms with van der Waals surface area (Å²) in [7, 11) is 1.83. The number of aryl methyl sites for hydroxylation is 1. The van der Waals surface area contributed by atoms with Crippen LogP contribution in [0, 0.1) is 12.7 Å². The summed E-state index contributed by atoms with van der Waals surface area (Å²) in [6.45, 7) is 1.88. The lowest BCUT2D eigenvalue weighted by atomic mass is 10.0. The van der Waals surface area contributed by atoms with Crippen LogP contribution in [0.5, 0.6) is 5.75 Å². The highest BCUT2D eigenvalue weighted by atomic mass is 19.1. The summed E-state index contributed by atoms with van der Waals surface area (Å²) in [4.78, 5) is 22.9. The number of aromatic nitrogens is 3. The highest BCUT2D eigenvalue weighted by molar-refractivity contribution is 5.93. The molecule has 0 aliphatic carbocycles. The summed E-state index contributed by atoms with van der Waals surface area (Å²) in [5, 5.41) is 4.21. The van der Waals surface area contributed by atoms with Crippen molar-refractivity contribution >= 4 is 5.91 Å². The first-order chi connectivity index (χ1) is 15.0. The van der Waals surface area contributed by atoms with Gasteiger partial charge in [-0.15, -0.1) is 0 Å². The summed E-state index contributed by atoms with van der Waals surface area (Å²) in [6, 6.07) is 15.1. The fraction of sp³-hybridized carbons (Fsp3) is 0.125. The standard InChI is InChI=1S/C24H21FN4O2/c1-16-22(20-14-27-29(2)15-20)26-13-19(12-17-8-10-21(25)11-9-17)23(16)31-28-24(30)18-6-4-3-5-7-18/h3-11,13-15H,12H2,1-2H3,(H,28,30). The quantitative estimate of drug-likeness (QED) is 0.477. The SMILES string of the molecule is Cc1c(-c2cnn(C)c2)ncc(Cc2ccc(F)cc2)c1ONC(=O)c1ccccc1. The van der Waals surface area contributed by atoms with E-state index in [0.717, 1.165) is 22.3 Å². The molecular formula is C24H21FN4O2. The third kappa shape index (κ3) is 4.61. The highest BCUT2D eigenvalue weighted by Gasteiger charge is 2.17. The van der Waals surface area contributed by atoms with E-state index in [1.807, 2.05) is 26.2 Å². The second-order valence-electron chi connectivity index (χ2n) is 7.19. The van der Waals surface area contributed by atoms with E-state index in [0.29, 0.717) is 23.4 Å². The molecule has 0 saturated heterocycles. The second-order valence-corrected chi connectivity index (χ2v) is 7.19. The molecule has 1 amide bonds. The molecule has 0 spiro atoms. The molecule has 0 bridgehead atoms. The molecule has 0 atom stereocenters. The van der Waals surface area contributed by atoms with Crippen LogP contribution in [0.2, 0.25) is 0 Å². The van der Waals surface area contributed by atoms with Crippen molar-refractivity contribution in [2.45, 2.75) is 13.3 Å². The highest BCUT2D eigenvalue weighted by Crippen LogP contribution is 2.32. The Morgan fingerprint density at radius 1 is 1.10 bits per heavy atom. The Kier molecular flexibility index (Phi) is 5.75. The molecule has 4 aromatic rings. The van der Waals surface area contributed by atoms with Gasteiger partial charge in [-0.05, 0) is 36.8 Å². The van der Waals surface area contributed by atoms with E-state index in [-0.39, 0.29) is 11.7 Å². The number of nitrogens with one attached hydrogen (secondary N) is 1. The van der Waals surface area contributed by atoms with E-state index in [2.05, 4.69) is 15.6 Å². The Bertz CT molecular complexity index is 1200. The Hall–Kier alpha value is -4.00. The third-order valence-corrected chi connectivity index (χ3v) is 4.90. The van der Waals surface area contributed by atoms with Gasteiger partial charge < -0.3 is 4.84 Å². The van der Waals surface area contributed by atoms with Gasteiger partial charge >= 0.3 is 0 Å². The second kappa shape index (κ2) is 8.79. The lowest BCUT2D eigenvalue weighted by Crippen LogP contribution is -2.28. The van der Waals surface area contributed by atoms with Gasteiger partial charge in [0, 0.05) is 48.1 Å². The Morgan fingerprint density at radius 3 is 2.52 bits per heavy atom. The molecule has 2 heterocycles. The molecule has 1 N–H and O–H groups in total. The minimum Gasteiger partial charge on any atom is -0.379 e. The van der Waals surface area contributed by atoms with Crippen LogP contribution in [0.4, 0.5) is 4.39 Å². The van der Waals surface area contributed by atoms with Gasteiger partial charge in [0.15, 0.2) is 5.75 Å². The van der Waals surface area contributed by atoms with E-state index in [4.69, 9.17) is 4.84 Å². The van der Waals surface area contributed by atoms with Gasteiger partial charge in [0.25, 0.3) is 5.91 Å². The lowest BCUT2D eigenvalue weighted by Gasteiger charge is -2.16. The molecule has 4 rings (SSSR count). The van der Waals surface area contributed by atoms with Gasteiger partial charge in [0.2, 0.25) is 0 Å². The molecule has 0 aliphatic heterocycles. The molecule has 31 heavy (non-hydrogen) atoms. The summed E-state index contributed by atoms with van der Waals surface area (Å²) in [5.74, 6) is -0.147. The molecule has 0 aliphatic rings. The number of amides is 1. The van der Waals surface area contributed by atoms with Crippen LogP contribution in [-0.4, -0.2) is 20.7 Å².